The number of hydrogen-bond donors (Lipinski definition) is 3. The average molecular weight is 289 g/mol. The number of carbonyl (C=O) groups excluding carboxylic acids is 3. The summed E-state index contributed by atoms with van der Waals surface area (Å²) in [7, 11) is 0. The number of rotatable bonds is 4. The fourth-order valence-corrected chi connectivity index (χ4v) is 2.17. The second kappa shape index (κ2) is 6.88. The van der Waals surface area contributed by atoms with E-state index in [1.54, 1.807) is 24.3 Å². The first-order valence-electron chi connectivity index (χ1n) is 7.06. The molecule has 112 valence electrons. The Kier molecular flexibility index (Phi) is 4.92. The van der Waals surface area contributed by atoms with Crippen LogP contribution in [0, 0.1) is 5.92 Å². The normalized spacial score (nSPS) is 17.8. The standard InChI is InChI=1S/C15H19N3O3/c1-2-16-14(20)10-3-6-12(7-4-10)18-15(21)11-5-8-13(19)17-9-11/h3-4,6-7,11H,2,5,8-9H2,1H3,(H,16,20)(H,17,19)(H,18,21). The molecule has 1 saturated heterocycles. The monoisotopic (exact) mass is 289 g/mol. The summed E-state index contributed by atoms with van der Waals surface area (Å²) in [4.78, 5) is 34.7. The largest absolute Gasteiger partial charge is 0.355 e. The van der Waals surface area contributed by atoms with Crippen molar-refractivity contribution < 1.29 is 14.4 Å². The summed E-state index contributed by atoms with van der Waals surface area (Å²) in [6, 6.07) is 6.74. The molecule has 1 atom stereocenters. The molecule has 0 aromatic heterocycles. The molecule has 1 aliphatic rings. The van der Waals surface area contributed by atoms with Gasteiger partial charge in [0, 0.05) is 30.8 Å². The summed E-state index contributed by atoms with van der Waals surface area (Å²) in [6.45, 7) is 2.81. The summed E-state index contributed by atoms with van der Waals surface area (Å²) >= 11 is 0. The number of piperidine rings is 1. The van der Waals surface area contributed by atoms with E-state index in [0.717, 1.165) is 0 Å². The zero-order chi connectivity index (χ0) is 15.2. The van der Waals surface area contributed by atoms with Crippen LogP contribution < -0.4 is 16.0 Å². The highest BCUT2D eigenvalue weighted by Crippen LogP contribution is 2.15. The van der Waals surface area contributed by atoms with Gasteiger partial charge in [-0.2, -0.15) is 0 Å². The Morgan fingerprint density at radius 2 is 2.00 bits per heavy atom. The molecule has 0 radical (unpaired) electrons. The van der Waals surface area contributed by atoms with E-state index in [1.165, 1.54) is 0 Å². The molecular formula is C15H19N3O3. The van der Waals surface area contributed by atoms with Crippen molar-refractivity contribution in [2.24, 2.45) is 5.92 Å². The fraction of sp³-hybridized carbons (Fsp3) is 0.400. The Bertz CT molecular complexity index is 530. The third kappa shape index (κ3) is 4.05. The summed E-state index contributed by atoms with van der Waals surface area (Å²) in [5.74, 6) is -0.456. The molecular weight excluding hydrogens is 270 g/mol. The van der Waals surface area contributed by atoms with Crippen molar-refractivity contribution in [3.05, 3.63) is 29.8 Å². The fourth-order valence-electron chi connectivity index (χ4n) is 2.17. The predicted molar refractivity (Wildman–Crippen MR) is 78.8 cm³/mol. The van der Waals surface area contributed by atoms with Gasteiger partial charge >= 0.3 is 0 Å². The van der Waals surface area contributed by atoms with Gasteiger partial charge in [-0.15, -0.1) is 0 Å². The van der Waals surface area contributed by atoms with E-state index in [9.17, 15) is 14.4 Å². The lowest BCUT2D eigenvalue weighted by molar-refractivity contribution is -0.126. The van der Waals surface area contributed by atoms with Gasteiger partial charge in [-0.3, -0.25) is 14.4 Å². The molecule has 1 aromatic carbocycles. The van der Waals surface area contributed by atoms with Crippen LogP contribution in [0.15, 0.2) is 24.3 Å². The Balaban J connectivity index is 1.92. The van der Waals surface area contributed by atoms with E-state index in [0.29, 0.717) is 37.2 Å². The highest BCUT2D eigenvalue weighted by molar-refractivity contribution is 5.96. The second-order valence-corrected chi connectivity index (χ2v) is 4.97. The third-order valence-electron chi connectivity index (χ3n) is 3.39. The first-order chi connectivity index (χ1) is 10.1. The van der Waals surface area contributed by atoms with Gasteiger partial charge < -0.3 is 16.0 Å². The minimum Gasteiger partial charge on any atom is -0.355 e. The van der Waals surface area contributed by atoms with E-state index in [1.807, 2.05) is 6.92 Å². The van der Waals surface area contributed by atoms with Gasteiger partial charge in [0.15, 0.2) is 0 Å². The van der Waals surface area contributed by atoms with E-state index in [4.69, 9.17) is 0 Å². The first kappa shape index (κ1) is 15.0. The van der Waals surface area contributed by atoms with E-state index >= 15 is 0 Å². The highest BCUT2D eigenvalue weighted by Gasteiger charge is 2.24. The van der Waals surface area contributed by atoms with Crippen LogP contribution in [0.2, 0.25) is 0 Å². The van der Waals surface area contributed by atoms with Crippen molar-refractivity contribution in [2.45, 2.75) is 19.8 Å². The molecule has 1 aliphatic heterocycles. The van der Waals surface area contributed by atoms with Crippen molar-refractivity contribution in [3.63, 3.8) is 0 Å². The van der Waals surface area contributed by atoms with E-state index < -0.39 is 0 Å². The summed E-state index contributed by atoms with van der Waals surface area (Å²) < 4.78 is 0. The van der Waals surface area contributed by atoms with Crippen LogP contribution in [0.5, 0.6) is 0 Å². The van der Waals surface area contributed by atoms with Crippen LogP contribution in [-0.4, -0.2) is 30.8 Å². The van der Waals surface area contributed by atoms with Crippen molar-refractivity contribution >= 4 is 23.4 Å². The summed E-state index contributed by atoms with van der Waals surface area (Å²) in [6.07, 6.45) is 0.947. The number of hydrogen-bond acceptors (Lipinski definition) is 3. The molecule has 1 fully saturated rings. The zero-order valence-corrected chi connectivity index (χ0v) is 11.9. The van der Waals surface area contributed by atoms with Gasteiger partial charge in [0.05, 0.1) is 5.92 Å². The van der Waals surface area contributed by atoms with E-state index in [-0.39, 0.29) is 23.6 Å². The molecule has 0 saturated carbocycles. The molecule has 1 aromatic rings. The molecule has 1 unspecified atom stereocenters. The molecule has 0 spiro atoms. The third-order valence-corrected chi connectivity index (χ3v) is 3.39. The van der Waals surface area contributed by atoms with Crippen molar-refractivity contribution in [1.82, 2.24) is 10.6 Å². The van der Waals surface area contributed by atoms with Crippen molar-refractivity contribution in [2.75, 3.05) is 18.4 Å². The van der Waals surface area contributed by atoms with Gasteiger partial charge in [0.1, 0.15) is 0 Å². The Labute approximate surface area is 123 Å². The van der Waals surface area contributed by atoms with Crippen LogP contribution in [0.3, 0.4) is 0 Å². The molecule has 6 heteroatoms. The van der Waals surface area contributed by atoms with Crippen LogP contribution in [0.1, 0.15) is 30.1 Å². The van der Waals surface area contributed by atoms with Crippen LogP contribution in [0.25, 0.3) is 0 Å². The van der Waals surface area contributed by atoms with Crippen LogP contribution >= 0.6 is 0 Å². The first-order valence-corrected chi connectivity index (χ1v) is 7.06. The summed E-state index contributed by atoms with van der Waals surface area (Å²) in [5, 5.41) is 8.20. The molecule has 3 amide bonds. The molecule has 3 N–H and O–H groups in total. The maximum Gasteiger partial charge on any atom is 0.251 e. The van der Waals surface area contributed by atoms with E-state index in [2.05, 4.69) is 16.0 Å². The van der Waals surface area contributed by atoms with Crippen LogP contribution in [0.4, 0.5) is 5.69 Å². The Hall–Kier alpha value is -2.37. The van der Waals surface area contributed by atoms with Crippen molar-refractivity contribution in [3.8, 4) is 0 Å². The number of amides is 3. The van der Waals surface area contributed by atoms with Gasteiger partial charge in [-0.1, -0.05) is 0 Å². The molecule has 1 heterocycles. The Morgan fingerprint density at radius 1 is 1.29 bits per heavy atom. The lowest BCUT2D eigenvalue weighted by Gasteiger charge is -2.21. The topological polar surface area (TPSA) is 87.3 Å². The van der Waals surface area contributed by atoms with Gasteiger partial charge in [-0.25, -0.2) is 0 Å². The molecule has 21 heavy (non-hydrogen) atoms. The number of carbonyl (C=O) groups is 3. The smallest absolute Gasteiger partial charge is 0.251 e. The quantitative estimate of drug-likeness (QED) is 0.769. The second-order valence-electron chi connectivity index (χ2n) is 4.97. The minimum atomic E-state index is -0.203. The molecule has 0 bridgehead atoms. The summed E-state index contributed by atoms with van der Waals surface area (Å²) in [5.41, 5.74) is 1.20. The number of anilines is 1. The maximum atomic E-state index is 12.1. The lowest BCUT2D eigenvalue weighted by Crippen LogP contribution is -2.40. The Morgan fingerprint density at radius 3 is 2.57 bits per heavy atom. The van der Waals surface area contributed by atoms with Gasteiger partial charge in [-0.05, 0) is 37.6 Å². The average Bonchev–Trinajstić information content (AvgIpc) is 2.49. The number of benzene rings is 1. The van der Waals surface area contributed by atoms with Crippen LogP contribution in [-0.2, 0) is 9.59 Å². The SMILES string of the molecule is CCNC(=O)c1ccc(NC(=O)C2CCC(=O)NC2)cc1. The maximum absolute atomic E-state index is 12.1. The van der Waals surface area contributed by atoms with Gasteiger partial charge in [0.25, 0.3) is 5.91 Å². The zero-order valence-electron chi connectivity index (χ0n) is 11.9. The molecule has 0 aliphatic carbocycles. The molecule has 2 rings (SSSR count). The molecule has 6 nitrogen and oxygen atoms in total. The number of nitrogens with one attached hydrogen (secondary N) is 3. The van der Waals surface area contributed by atoms with Gasteiger partial charge in [0.2, 0.25) is 11.8 Å². The van der Waals surface area contributed by atoms with Crippen molar-refractivity contribution in [1.29, 1.82) is 0 Å². The minimum absolute atomic E-state index is 0.00894. The predicted octanol–water partition coefficient (Wildman–Crippen LogP) is 0.901. The highest BCUT2D eigenvalue weighted by atomic mass is 16.2. The lowest BCUT2D eigenvalue weighted by atomic mass is 9.98.